The number of thioether (sulfide) groups is 1. The van der Waals surface area contributed by atoms with Crippen LogP contribution in [-0.4, -0.2) is 30.8 Å². The maximum atomic E-state index is 6.00. The molecule has 0 saturated heterocycles. The van der Waals surface area contributed by atoms with Crippen LogP contribution in [0.25, 0.3) is 0 Å². The summed E-state index contributed by atoms with van der Waals surface area (Å²) < 4.78 is 0. The number of nitrogens with two attached hydrogens (primary N) is 2. The summed E-state index contributed by atoms with van der Waals surface area (Å²) in [7, 11) is 1.92. The SMILES string of the molecule is CNCCC(c1ccc(SC)cc1)N(N)/N=C(/C)N. The molecule has 5 N–H and O–H groups in total. The first-order chi connectivity index (χ1) is 9.08. The van der Waals surface area contributed by atoms with Gasteiger partial charge in [0.15, 0.2) is 0 Å². The van der Waals surface area contributed by atoms with Gasteiger partial charge in [-0.1, -0.05) is 12.1 Å². The van der Waals surface area contributed by atoms with Crippen LogP contribution in [0.3, 0.4) is 0 Å². The summed E-state index contributed by atoms with van der Waals surface area (Å²) in [6.07, 6.45) is 2.92. The molecule has 0 aliphatic rings. The minimum absolute atomic E-state index is 0.0156. The summed E-state index contributed by atoms with van der Waals surface area (Å²) in [6.45, 7) is 2.59. The van der Waals surface area contributed by atoms with E-state index in [4.69, 9.17) is 11.6 Å². The molecular weight excluding hydrogens is 258 g/mol. The Morgan fingerprint density at radius 2 is 2.05 bits per heavy atom. The molecule has 1 aromatic carbocycles. The average molecular weight is 281 g/mol. The normalized spacial score (nSPS) is 13.4. The molecule has 1 atom stereocenters. The third kappa shape index (κ3) is 5.10. The van der Waals surface area contributed by atoms with E-state index in [-0.39, 0.29) is 6.04 Å². The molecule has 0 aliphatic carbocycles. The fourth-order valence-electron chi connectivity index (χ4n) is 1.81. The maximum absolute atomic E-state index is 6.00. The van der Waals surface area contributed by atoms with Gasteiger partial charge in [-0.3, -0.25) is 0 Å². The van der Waals surface area contributed by atoms with Crippen molar-refractivity contribution >= 4 is 17.6 Å². The highest BCUT2D eigenvalue weighted by Crippen LogP contribution is 2.24. The number of nitrogens with one attached hydrogen (secondary N) is 1. The second-order valence-corrected chi connectivity index (χ2v) is 5.18. The smallest absolute Gasteiger partial charge is 0.118 e. The lowest BCUT2D eigenvalue weighted by Crippen LogP contribution is -2.34. The van der Waals surface area contributed by atoms with Crippen LogP contribution in [0, 0.1) is 0 Å². The van der Waals surface area contributed by atoms with Gasteiger partial charge in [-0.2, -0.15) is 0 Å². The van der Waals surface area contributed by atoms with Crippen molar-refractivity contribution in [3.63, 3.8) is 0 Å². The van der Waals surface area contributed by atoms with Gasteiger partial charge < -0.3 is 11.1 Å². The Kier molecular flexibility index (Phi) is 6.69. The molecule has 1 rings (SSSR count). The minimum atomic E-state index is 0.0156. The molecule has 0 heterocycles. The van der Waals surface area contributed by atoms with Gasteiger partial charge in [0.25, 0.3) is 0 Å². The molecule has 0 radical (unpaired) electrons. The fourth-order valence-corrected chi connectivity index (χ4v) is 2.22. The Hall–Kier alpha value is -1.24. The van der Waals surface area contributed by atoms with Crippen molar-refractivity contribution in [1.82, 2.24) is 10.4 Å². The Balaban J connectivity index is 2.90. The lowest BCUT2D eigenvalue weighted by Gasteiger charge is -2.25. The van der Waals surface area contributed by atoms with Crippen molar-refractivity contribution in [2.75, 3.05) is 19.8 Å². The molecule has 0 amide bonds. The van der Waals surface area contributed by atoms with Gasteiger partial charge in [-0.05, 0) is 50.9 Å². The molecule has 1 aromatic rings. The van der Waals surface area contributed by atoms with E-state index in [1.807, 2.05) is 7.05 Å². The zero-order valence-corrected chi connectivity index (χ0v) is 12.6. The van der Waals surface area contributed by atoms with Crippen LogP contribution >= 0.6 is 11.8 Å². The van der Waals surface area contributed by atoms with Crippen LogP contribution in [-0.2, 0) is 0 Å². The highest BCUT2D eigenvalue weighted by atomic mass is 32.2. The van der Waals surface area contributed by atoms with Crippen LogP contribution in [0.5, 0.6) is 0 Å². The van der Waals surface area contributed by atoms with Crippen LogP contribution < -0.4 is 16.9 Å². The second-order valence-electron chi connectivity index (χ2n) is 4.30. The molecule has 0 bridgehead atoms. The third-order valence-corrected chi connectivity index (χ3v) is 3.50. The lowest BCUT2D eigenvalue weighted by atomic mass is 10.0. The van der Waals surface area contributed by atoms with Crippen molar-refractivity contribution in [3.8, 4) is 0 Å². The lowest BCUT2D eigenvalue weighted by molar-refractivity contribution is 0.200. The summed E-state index contributed by atoms with van der Waals surface area (Å²) in [5, 5.41) is 8.70. The number of rotatable bonds is 7. The molecule has 6 heteroatoms. The van der Waals surface area contributed by atoms with Gasteiger partial charge in [0.05, 0.1) is 6.04 Å². The number of hydrazine groups is 1. The van der Waals surface area contributed by atoms with Gasteiger partial charge in [0.1, 0.15) is 5.84 Å². The van der Waals surface area contributed by atoms with E-state index < -0.39 is 0 Å². The van der Waals surface area contributed by atoms with E-state index in [1.54, 1.807) is 18.7 Å². The largest absolute Gasteiger partial charge is 0.386 e. The Morgan fingerprint density at radius 1 is 1.42 bits per heavy atom. The van der Waals surface area contributed by atoms with Crippen molar-refractivity contribution in [2.45, 2.75) is 24.3 Å². The monoisotopic (exact) mass is 281 g/mol. The zero-order chi connectivity index (χ0) is 14.3. The fraction of sp³-hybridized carbons (Fsp3) is 0.462. The van der Waals surface area contributed by atoms with Crippen molar-refractivity contribution in [3.05, 3.63) is 29.8 Å². The zero-order valence-electron chi connectivity index (χ0n) is 11.8. The predicted octanol–water partition coefficient (Wildman–Crippen LogP) is 1.53. The minimum Gasteiger partial charge on any atom is -0.386 e. The van der Waals surface area contributed by atoms with Gasteiger partial charge in [-0.15, -0.1) is 16.9 Å². The van der Waals surface area contributed by atoms with Gasteiger partial charge in [0.2, 0.25) is 0 Å². The summed E-state index contributed by atoms with van der Waals surface area (Å²) in [5.74, 6) is 6.45. The Bertz CT molecular complexity index is 400. The molecule has 0 saturated carbocycles. The highest BCUT2D eigenvalue weighted by Gasteiger charge is 2.16. The Labute approximate surface area is 119 Å². The number of hydrazone groups is 1. The molecule has 5 nitrogen and oxygen atoms in total. The summed E-state index contributed by atoms with van der Waals surface area (Å²) in [6, 6.07) is 8.39. The second kappa shape index (κ2) is 8.04. The number of amidine groups is 1. The maximum Gasteiger partial charge on any atom is 0.118 e. The molecular formula is C13H23N5S. The van der Waals surface area contributed by atoms with Crippen LogP contribution in [0.2, 0.25) is 0 Å². The standard InChI is InChI=1S/C13H23N5S/c1-10(14)17-18(15)13(8-9-16-2)11-4-6-12(19-3)7-5-11/h4-7,13,16H,8-9,15H2,1-3H3,(H2,14,17). The number of benzene rings is 1. The molecule has 1 unspecified atom stereocenters. The molecule has 0 spiro atoms. The third-order valence-electron chi connectivity index (χ3n) is 2.76. The molecule has 106 valence electrons. The van der Waals surface area contributed by atoms with Crippen LogP contribution in [0.1, 0.15) is 24.9 Å². The average Bonchev–Trinajstić information content (AvgIpc) is 2.39. The van der Waals surface area contributed by atoms with E-state index in [0.29, 0.717) is 5.84 Å². The van der Waals surface area contributed by atoms with Crippen molar-refractivity contribution in [1.29, 1.82) is 0 Å². The van der Waals surface area contributed by atoms with Gasteiger partial charge in [0, 0.05) is 4.90 Å². The first-order valence-electron chi connectivity index (χ1n) is 6.21. The van der Waals surface area contributed by atoms with E-state index in [2.05, 4.69) is 40.9 Å². The summed E-state index contributed by atoms with van der Waals surface area (Å²) >= 11 is 1.72. The number of hydrogen-bond acceptors (Lipinski definition) is 5. The molecule has 0 aliphatic heterocycles. The topological polar surface area (TPSA) is 79.7 Å². The summed E-state index contributed by atoms with van der Waals surface area (Å²) in [4.78, 5) is 1.23. The number of nitrogens with zero attached hydrogens (tertiary/aromatic N) is 2. The van der Waals surface area contributed by atoms with E-state index >= 15 is 0 Å². The van der Waals surface area contributed by atoms with E-state index in [1.165, 1.54) is 10.0 Å². The van der Waals surface area contributed by atoms with E-state index in [9.17, 15) is 0 Å². The first-order valence-corrected chi connectivity index (χ1v) is 7.44. The van der Waals surface area contributed by atoms with Crippen LogP contribution in [0.15, 0.2) is 34.3 Å². The summed E-state index contributed by atoms with van der Waals surface area (Å²) in [5.41, 5.74) is 6.73. The number of hydrogen-bond donors (Lipinski definition) is 3. The first kappa shape index (κ1) is 15.8. The predicted molar refractivity (Wildman–Crippen MR) is 82.8 cm³/mol. The Morgan fingerprint density at radius 3 is 2.53 bits per heavy atom. The molecule has 19 heavy (non-hydrogen) atoms. The van der Waals surface area contributed by atoms with Crippen LogP contribution in [0.4, 0.5) is 0 Å². The quantitative estimate of drug-likeness (QED) is 0.232. The van der Waals surface area contributed by atoms with Crippen molar-refractivity contribution in [2.24, 2.45) is 16.7 Å². The highest BCUT2D eigenvalue weighted by molar-refractivity contribution is 7.98. The van der Waals surface area contributed by atoms with E-state index in [0.717, 1.165) is 18.5 Å². The molecule has 0 aromatic heterocycles. The van der Waals surface area contributed by atoms with Crippen molar-refractivity contribution < 1.29 is 0 Å². The van der Waals surface area contributed by atoms with Gasteiger partial charge >= 0.3 is 0 Å². The molecule has 0 fully saturated rings. The van der Waals surface area contributed by atoms with Gasteiger partial charge in [-0.25, -0.2) is 11.0 Å².